The monoisotopic (exact) mass is 283 g/mol. The predicted octanol–water partition coefficient (Wildman–Crippen LogP) is 2.57. The highest BCUT2D eigenvalue weighted by atomic mass is 19.4. The third-order valence-electron chi connectivity index (χ3n) is 2.54. The molecule has 112 valence electrons. The summed E-state index contributed by atoms with van der Waals surface area (Å²) in [6, 6.07) is -1.27. The van der Waals surface area contributed by atoms with Crippen molar-refractivity contribution in [2.45, 2.75) is 64.8 Å². The van der Waals surface area contributed by atoms with E-state index in [1.54, 1.807) is 12.2 Å². The van der Waals surface area contributed by atoms with E-state index in [2.05, 4.69) is 0 Å². The van der Waals surface area contributed by atoms with Crippen molar-refractivity contribution in [1.82, 2.24) is 5.32 Å². The smallest absolute Gasteiger partial charge is 0.461 e. The molecule has 0 aromatic carbocycles. The molecule has 0 aliphatic rings. The number of nitrogens with one attached hydrogen (secondary N) is 1. The van der Waals surface area contributed by atoms with Crippen molar-refractivity contribution >= 4 is 11.9 Å². The Morgan fingerprint density at radius 1 is 1.26 bits per heavy atom. The standard InChI is InChI=1S/C12H20F3NO3/c1-4-6-7-8(3)19-10(17)9(5-2)16-11(18)12(13,14)15/h8-9H,4-7H2,1-3H3,(H,16,18). The molecule has 4 nitrogen and oxygen atoms in total. The number of hydrogen-bond acceptors (Lipinski definition) is 3. The summed E-state index contributed by atoms with van der Waals surface area (Å²) >= 11 is 0. The molecule has 0 rings (SSSR count). The fourth-order valence-electron chi connectivity index (χ4n) is 1.40. The number of halogens is 3. The van der Waals surface area contributed by atoms with Crippen LogP contribution in [-0.2, 0) is 14.3 Å². The lowest BCUT2D eigenvalue weighted by Gasteiger charge is -2.20. The van der Waals surface area contributed by atoms with E-state index in [1.165, 1.54) is 6.92 Å². The van der Waals surface area contributed by atoms with Crippen LogP contribution in [0.5, 0.6) is 0 Å². The molecule has 0 aliphatic carbocycles. The summed E-state index contributed by atoms with van der Waals surface area (Å²) in [5.74, 6) is -2.96. The molecule has 1 N–H and O–H groups in total. The average molecular weight is 283 g/mol. The van der Waals surface area contributed by atoms with Crippen LogP contribution in [0.3, 0.4) is 0 Å². The maximum Gasteiger partial charge on any atom is 0.471 e. The maximum atomic E-state index is 12.1. The predicted molar refractivity (Wildman–Crippen MR) is 63.4 cm³/mol. The van der Waals surface area contributed by atoms with Gasteiger partial charge in [0.1, 0.15) is 6.04 Å². The number of amides is 1. The van der Waals surface area contributed by atoms with E-state index in [0.29, 0.717) is 6.42 Å². The van der Waals surface area contributed by atoms with Crippen molar-refractivity contribution in [2.24, 2.45) is 0 Å². The minimum Gasteiger partial charge on any atom is -0.461 e. The fourth-order valence-corrected chi connectivity index (χ4v) is 1.40. The molecule has 0 saturated heterocycles. The Morgan fingerprint density at radius 3 is 2.26 bits per heavy atom. The van der Waals surface area contributed by atoms with Gasteiger partial charge in [0.2, 0.25) is 0 Å². The van der Waals surface area contributed by atoms with E-state index < -0.39 is 24.1 Å². The Bertz CT molecular complexity index is 305. The van der Waals surface area contributed by atoms with Crippen LogP contribution >= 0.6 is 0 Å². The molecule has 0 heterocycles. The highest BCUT2D eigenvalue weighted by molar-refractivity contribution is 5.87. The van der Waals surface area contributed by atoms with Crippen molar-refractivity contribution < 1.29 is 27.5 Å². The van der Waals surface area contributed by atoms with Crippen LogP contribution in [0.15, 0.2) is 0 Å². The van der Waals surface area contributed by atoms with Crippen LogP contribution in [-0.4, -0.2) is 30.2 Å². The lowest BCUT2D eigenvalue weighted by molar-refractivity contribution is -0.176. The van der Waals surface area contributed by atoms with Crippen molar-refractivity contribution in [2.75, 3.05) is 0 Å². The third kappa shape index (κ3) is 7.03. The number of rotatable bonds is 7. The number of carbonyl (C=O) groups excluding carboxylic acids is 2. The summed E-state index contributed by atoms with van der Waals surface area (Å²) in [7, 11) is 0. The van der Waals surface area contributed by atoms with E-state index >= 15 is 0 Å². The SMILES string of the molecule is CCCCC(C)OC(=O)C(CC)NC(=O)C(F)(F)F. The van der Waals surface area contributed by atoms with Crippen molar-refractivity contribution in [3.63, 3.8) is 0 Å². The van der Waals surface area contributed by atoms with Crippen LogP contribution in [0.4, 0.5) is 13.2 Å². The zero-order chi connectivity index (χ0) is 15.1. The molecule has 0 radical (unpaired) electrons. The first kappa shape index (κ1) is 17.7. The Hall–Kier alpha value is -1.27. The summed E-state index contributed by atoms with van der Waals surface area (Å²) in [4.78, 5) is 22.4. The van der Waals surface area contributed by atoms with Crippen molar-refractivity contribution in [3.8, 4) is 0 Å². The second-order valence-corrected chi connectivity index (χ2v) is 4.32. The molecule has 2 atom stereocenters. The second-order valence-electron chi connectivity index (χ2n) is 4.32. The van der Waals surface area contributed by atoms with Crippen LogP contribution in [0.1, 0.15) is 46.5 Å². The minimum absolute atomic E-state index is 0.0428. The Kier molecular flexibility index (Phi) is 7.48. The van der Waals surface area contributed by atoms with Gasteiger partial charge in [0.05, 0.1) is 6.10 Å². The van der Waals surface area contributed by atoms with Crippen molar-refractivity contribution in [3.05, 3.63) is 0 Å². The molecular weight excluding hydrogens is 263 g/mol. The van der Waals surface area contributed by atoms with E-state index in [4.69, 9.17) is 4.74 Å². The van der Waals surface area contributed by atoms with E-state index in [1.807, 2.05) is 6.92 Å². The highest BCUT2D eigenvalue weighted by Crippen LogP contribution is 2.15. The number of ether oxygens (including phenoxy) is 1. The first-order valence-corrected chi connectivity index (χ1v) is 6.30. The Labute approximate surface area is 110 Å². The van der Waals surface area contributed by atoms with E-state index in [9.17, 15) is 22.8 Å². The van der Waals surface area contributed by atoms with Crippen LogP contribution in [0.25, 0.3) is 0 Å². The van der Waals surface area contributed by atoms with Gasteiger partial charge >= 0.3 is 18.1 Å². The lowest BCUT2D eigenvalue weighted by Crippen LogP contribution is -2.47. The number of hydrogen-bond donors (Lipinski definition) is 1. The molecule has 19 heavy (non-hydrogen) atoms. The van der Waals surface area contributed by atoms with Gasteiger partial charge in [0, 0.05) is 0 Å². The molecule has 1 amide bonds. The summed E-state index contributed by atoms with van der Waals surface area (Å²) in [6.45, 7) is 5.15. The van der Waals surface area contributed by atoms with Gasteiger partial charge in [-0.05, 0) is 19.8 Å². The first-order valence-electron chi connectivity index (χ1n) is 6.30. The molecule has 0 aromatic heterocycles. The zero-order valence-electron chi connectivity index (χ0n) is 11.3. The summed E-state index contributed by atoms with van der Waals surface area (Å²) in [6.07, 6.45) is -2.89. The summed E-state index contributed by atoms with van der Waals surface area (Å²) in [5, 5.41) is 1.63. The molecule has 0 fully saturated rings. The number of alkyl halides is 3. The molecule has 0 bridgehead atoms. The summed E-state index contributed by atoms with van der Waals surface area (Å²) < 4.78 is 41.2. The topological polar surface area (TPSA) is 55.4 Å². The van der Waals surface area contributed by atoms with E-state index in [-0.39, 0.29) is 12.5 Å². The van der Waals surface area contributed by atoms with Crippen LogP contribution < -0.4 is 5.32 Å². The van der Waals surface area contributed by atoms with Gasteiger partial charge in [-0.2, -0.15) is 13.2 Å². The molecular formula is C12H20F3NO3. The van der Waals surface area contributed by atoms with Gasteiger partial charge in [-0.3, -0.25) is 4.79 Å². The van der Waals surface area contributed by atoms with Gasteiger partial charge in [0.25, 0.3) is 0 Å². The van der Waals surface area contributed by atoms with Crippen LogP contribution in [0, 0.1) is 0 Å². The third-order valence-corrected chi connectivity index (χ3v) is 2.54. The second kappa shape index (κ2) is 8.01. The minimum atomic E-state index is -5.00. The molecule has 0 aliphatic heterocycles. The molecule has 7 heteroatoms. The zero-order valence-corrected chi connectivity index (χ0v) is 11.3. The van der Waals surface area contributed by atoms with Gasteiger partial charge in [-0.25, -0.2) is 4.79 Å². The first-order chi connectivity index (χ1) is 8.72. The molecule has 0 aromatic rings. The Balaban J connectivity index is 4.36. The highest BCUT2D eigenvalue weighted by Gasteiger charge is 2.40. The normalized spacial score (nSPS) is 14.6. The van der Waals surface area contributed by atoms with E-state index in [0.717, 1.165) is 12.8 Å². The summed E-state index contributed by atoms with van der Waals surface area (Å²) in [5.41, 5.74) is 0. The van der Waals surface area contributed by atoms with Crippen LogP contribution in [0.2, 0.25) is 0 Å². The lowest BCUT2D eigenvalue weighted by atomic mass is 10.2. The van der Waals surface area contributed by atoms with Gasteiger partial charge in [-0.15, -0.1) is 0 Å². The Morgan fingerprint density at radius 2 is 1.84 bits per heavy atom. The molecule has 2 unspecified atom stereocenters. The largest absolute Gasteiger partial charge is 0.471 e. The van der Waals surface area contributed by atoms with Crippen molar-refractivity contribution in [1.29, 1.82) is 0 Å². The van der Waals surface area contributed by atoms with Gasteiger partial charge < -0.3 is 10.1 Å². The maximum absolute atomic E-state index is 12.1. The molecule has 0 saturated carbocycles. The quantitative estimate of drug-likeness (QED) is 0.731. The number of carbonyl (C=O) groups is 2. The number of esters is 1. The number of unbranched alkanes of at least 4 members (excludes halogenated alkanes) is 1. The average Bonchev–Trinajstić information content (AvgIpc) is 2.31. The molecule has 0 spiro atoms. The van der Waals surface area contributed by atoms with Gasteiger partial charge in [-0.1, -0.05) is 26.7 Å². The fraction of sp³-hybridized carbons (Fsp3) is 0.833. The van der Waals surface area contributed by atoms with Gasteiger partial charge in [0.15, 0.2) is 0 Å².